The Morgan fingerprint density at radius 1 is 1.42 bits per heavy atom. The zero-order valence-corrected chi connectivity index (χ0v) is 6.26. The third-order valence-corrected chi connectivity index (χ3v) is 1.30. The van der Waals surface area contributed by atoms with E-state index in [9.17, 15) is 13.2 Å². The maximum atomic E-state index is 12.0. The summed E-state index contributed by atoms with van der Waals surface area (Å²) in [4.78, 5) is 0. The molecular formula is C7H6F3N2. The summed E-state index contributed by atoms with van der Waals surface area (Å²) in [6.07, 6.45) is -1.61. The first kappa shape index (κ1) is 8.96. The summed E-state index contributed by atoms with van der Waals surface area (Å²) < 4.78 is 36.0. The van der Waals surface area contributed by atoms with E-state index in [1.165, 1.54) is 12.6 Å². The fourth-order valence-electron chi connectivity index (χ4n) is 0.678. The molecule has 0 saturated carbocycles. The summed E-state index contributed by atoms with van der Waals surface area (Å²) in [5.74, 6) is 0. The molecule has 0 N–H and O–H groups in total. The maximum absolute atomic E-state index is 12.0. The quantitative estimate of drug-likeness (QED) is 0.652. The molecule has 5 heteroatoms. The number of hydrogen-bond acceptors (Lipinski definition) is 2. The summed E-state index contributed by atoms with van der Waals surface area (Å²) in [5.41, 5.74) is -0.546. The number of aromatic nitrogens is 2. The molecular weight excluding hydrogens is 169 g/mol. The zero-order valence-electron chi connectivity index (χ0n) is 6.26. The second-order valence-electron chi connectivity index (χ2n) is 2.16. The van der Waals surface area contributed by atoms with Gasteiger partial charge in [-0.05, 0) is 18.1 Å². The molecule has 0 fully saturated rings. The minimum Gasteiger partial charge on any atom is -0.164 e. The predicted octanol–water partition coefficient (Wildman–Crippen LogP) is 2.07. The first-order valence-corrected chi connectivity index (χ1v) is 3.23. The largest absolute Gasteiger partial charge is 0.435 e. The van der Waals surface area contributed by atoms with Gasteiger partial charge in [-0.3, -0.25) is 0 Å². The fourth-order valence-corrected chi connectivity index (χ4v) is 0.678. The van der Waals surface area contributed by atoms with Crippen molar-refractivity contribution in [3.8, 4) is 0 Å². The van der Waals surface area contributed by atoms with Gasteiger partial charge in [0.2, 0.25) is 0 Å². The molecule has 0 saturated heterocycles. The lowest BCUT2D eigenvalue weighted by molar-refractivity contribution is -0.141. The highest BCUT2D eigenvalue weighted by Gasteiger charge is 2.33. The molecule has 1 aromatic rings. The molecule has 1 radical (unpaired) electrons. The van der Waals surface area contributed by atoms with E-state index in [-0.39, 0.29) is 0 Å². The van der Waals surface area contributed by atoms with Crippen LogP contribution in [0.4, 0.5) is 13.2 Å². The van der Waals surface area contributed by atoms with Crippen LogP contribution < -0.4 is 0 Å². The van der Waals surface area contributed by atoms with Crippen LogP contribution in [0.25, 0.3) is 0 Å². The highest BCUT2D eigenvalue weighted by atomic mass is 19.4. The van der Waals surface area contributed by atoms with Crippen molar-refractivity contribution in [2.45, 2.75) is 13.1 Å². The average molecular weight is 175 g/mol. The van der Waals surface area contributed by atoms with E-state index in [0.29, 0.717) is 5.56 Å². The van der Waals surface area contributed by atoms with Gasteiger partial charge in [-0.25, -0.2) is 0 Å². The number of alkyl halides is 3. The van der Waals surface area contributed by atoms with Crippen molar-refractivity contribution in [3.05, 3.63) is 29.9 Å². The second kappa shape index (κ2) is 3.08. The van der Waals surface area contributed by atoms with Crippen LogP contribution in [0, 0.1) is 6.42 Å². The van der Waals surface area contributed by atoms with Gasteiger partial charge in [0.25, 0.3) is 0 Å². The molecule has 2 nitrogen and oxygen atoms in total. The Kier molecular flexibility index (Phi) is 2.30. The van der Waals surface area contributed by atoms with E-state index >= 15 is 0 Å². The molecule has 0 atom stereocenters. The Morgan fingerprint density at radius 2 is 2.08 bits per heavy atom. The molecule has 0 aliphatic heterocycles. The van der Waals surface area contributed by atoms with Crippen molar-refractivity contribution in [3.63, 3.8) is 0 Å². The molecule has 1 aromatic heterocycles. The molecule has 0 spiro atoms. The SMILES string of the molecule is C[CH]c1cnnc(C(F)(F)F)c1. The van der Waals surface area contributed by atoms with Gasteiger partial charge >= 0.3 is 6.18 Å². The zero-order chi connectivity index (χ0) is 9.19. The summed E-state index contributed by atoms with van der Waals surface area (Å²) in [7, 11) is 0. The van der Waals surface area contributed by atoms with Gasteiger partial charge in [-0.15, -0.1) is 5.10 Å². The van der Waals surface area contributed by atoms with Crippen LogP contribution in [0.5, 0.6) is 0 Å². The van der Waals surface area contributed by atoms with Crippen molar-refractivity contribution in [1.29, 1.82) is 0 Å². The lowest BCUT2D eigenvalue weighted by Gasteiger charge is -2.04. The van der Waals surface area contributed by atoms with Crippen molar-refractivity contribution in [2.75, 3.05) is 0 Å². The van der Waals surface area contributed by atoms with Gasteiger partial charge in [-0.1, -0.05) is 6.92 Å². The monoisotopic (exact) mass is 175 g/mol. The molecule has 0 amide bonds. The van der Waals surface area contributed by atoms with E-state index in [1.54, 1.807) is 6.92 Å². The molecule has 65 valence electrons. The Labute approximate surface area is 67.4 Å². The Balaban J connectivity index is 3.02. The van der Waals surface area contributed by atoms with Gasteiger partial charge in [0.1, 0.15) is 0 Å². The lowest BCUT2D eigenvalue weighted by Crippen LogP contribution is -2.09. The number of halogens is 3. The van der Waals surface area contributed by atoms with Gasteiger partial charge in [0, 0.05) is 0 Å². The third kappa shape index (κ3) is 1.93. The van der Waals surface area contributed by atoms with Crippen LogP contribution in [-0.2, 0) is 6.18 Å². The molecule has 0 unspecified atom stereocenters. The predicted molar refractivity (Wildman–Crippen MR) is 36.1 cm³/mol. The van der Waals surface area contributed by atoms with E-state index < -0.39 is 11.9 Å². The molecule has 0 bridgehead atoms. The van der Waals surface area contributed by atoms with Crippen molar-refractivity contribution >= 4 is 0 Å². The minimum absolute atomic E-state index is 0.414. The Morgan fingerprint density at radius 3 is 2.58 bits per heavy atom. The van der Waals surface area contributed by atoms with Crippen LogP contribution in [-0.4, -0.2) is 10.2 Å². The van der Waals surface area contributed by atoms with Crippen LogP contribution in [0.1, 0.15) is 18.2 Å². The summed E-state index contributed by atoms with van der Waals surface area (Å²) in [5, 5.41) is 6.18. The molecule has 1 heterocycles. The highest BCUT2D eigenvalue weighted by Crippen LogP contribution is 2.27. The topological polar surface area (TPSA) is 25.8 Å². The van der Waals surface area contributed by atoms with Crippen molar-refractivity contribution in [1.82, 2.24) is 10.2 Å². The minimum atomic E-state index is -4.41. The van der Waals surface area contributed by atoms with E-state index in [0.717, 1.165) is 6.07 Å². The maximum Gasteiger partial charge on any atom is 0.435 e. The third-order valence-electron chi connectivity index (χ3n) is 1.30. The smallest absolute Gasteiger partial charge is 0.164 e. The van der Waals surface area contributed by atoms with E-state index in [1.807, 2.05) is 0 Å². The van der Waals surface area contributed by atoms with Crippen LogP contribution >= 0.6 is 0 Å². The van der Waals surface area contributed by atoms with E-state index in [2.05, 4.69) is 10.2 Å². The molecule has 0 aliphatic carbocycles. The van der Waals surface area contributed by atoms with Crippen LogP contribution in [0.2, 0.25) is 0 Å². The number of nitrogens with zero attached hydrogens (tertiary/aromatic N) is 2. The first-order valence-electron chi connectivity index (χ1n) is 3.23. The standard InChI is InChI=1S/C7H6F3N2/c1-2-5-3-6(7(8,9)10)12-11-4-5/h2-4H,1H3. The normalized spacial score (nSPS) is 11.7. The van der Waals surface area contributed by atoms with Crippen molar-refractivity contribution < 1.29 is 13.2 Å². The molecule has 0 aliphatic rings. The average Bonchev–Trinajstić information content (AvgIpc) is 2.03. The molecule has 12 heavy (non-hydrogen) atoms. The summed E-state index contributed by atoms with van der Waals surface area (Å²) in [6, 6.07) is 0.951. The number of hydrogen-bond donors (Lipinski definition) is 0. The summed E-state index contributed by atoms with van der Waals surface area (Å²) in [6.45, 7) is 1.64. The van der Waals surface area contributed by atoms with E-state index in [4.69, 9.17) is 0 Å². The molecule has 0 aromatic carbocycles. The van der Waals surface area contributed by atoms with Crippen LogP contribution in [0.15, 0.2) is 12.3 Å². The first-order chi connectivity index (χ1) is 5.54. The van der Waals surface area contributed by atoms with Crippen molar-refractivity contribution in [2.24, 2.45) is 0 Å². The summed E-state index contributed by atoms with van der Waals surface area (Å²) >= 11 is 0. The van der Waals surface area contributed by atoms with Gasteiger partial charge < -0.3 is 0 Å². The number of rotatable bonds is 1. The highest BCUT2D eigenvalue weighted by molar-refractivity contribution is 5.20. The second-order valence-corrected chi connectivity index (χ2v) is 2.16. The van der Waals surface area contributed by atoms with Gasteiger partial charge in [-0.2, -0.15) is 18.3 Å². The fraction of sp³-hybridized carbons (Fsp3) is 0.286. The van der Waals surface area contributed by atoms with Gasteiger partial charge in [0.15, 0.2) is 5.69 Å². The van der Waals surface area contributed by atoms with Gasteiger partial charge in [0.05, 0.1) is 6.20 Å². The lowest BCUT2D eigenvalue weighted by atomic mass is 10.2. The van der Waals surface area contributed by atoms with Crippen LogP contribution in [0.3, 0.4) is 0 Å². The Bertz CT molecular complexity index is 270. The Hall–Kier alpha value is -1.13. The molecule has 1 rings (SSSR count).